The highest BCUT2D eigenvalue weighted by Crippen LogP contribution is 1.91. The Hall–Kier alpha value is -0.850. The molecular formula is C10H16O. The zero-order chi connectivity index (χ0) is 8.36. The number of rotatable bonds is 6. The second-order valence-electron chi connectivity index (χ2n) is 2.39. The molecule has 0 bridgehead atoms. The van der Waals surface area contributed by atoms with Crippen LogP contribution in [0.5, 0.6) is 0 Å². The number of hydrogen-bond donors (Lipinski definition) is 0. The molecule has 0 aromatic heterocycles. The molecule has 0 fully saturated rings. The summed E-state index contributed by atoms with van der Waals surface area (Å²) < 4.78 is 0. The first-order valence-corrected chi connectivity index (χ1v) is 4.17. The van der Waals surface area contributed by atoms with E-state index in [-0.39, 0.29) is 0 Å². The molecule has 0 rings (SSSR count). The van der Waals surface area contributed by atoms with Gasteiger partial charge in [-0.1, -0.05) is 37.6 Å². The second-order valence-corrected chi connectivity index (χ2v) is 2.39. The summed E-state index contributed by atoms with van der Waals surface area (Å²) in [5.41, 5.74) is 0. The topological polar surface area (TPSA) is 17.1 Å². The van der Waals surface area contributed by atoms with Crippen LogP contribution >= 0.6 is 0 Å². The Kier molecular flexibility index (Phi) is 8.44. The van der Waals surface area contributed by atoms with Crippen molar-refractivity contribution in [2.75, 3.05) is 0 Å². The largest absolute Gasteiger partial charge is 0.303 e. The molecule has 1 nitrogen and oxygen atoms in total. The molecule has 0 saturated carbocycles. The first-order valence-electron chi connectivity index (χ1n) is 4.17. The lowest BCUT2D eigenvalue weighted by atomic mass is 10.3. The predicted octanol–water partition coefficient (Wildman–Crippen LogP) is 2.88. The van der Waals surface area contributed by atoms with Crippen LogP contribution in [0.15, 0.2) is 24.3 Å². The Bertz CT molecular complexity index is 134. The van der Waals surface area contributed by atoms with Crippen molar-refractivity contribution in [2.24, 2.45) is 0 Å². The van der Waals surface area contributed by atoms with Gasteiger partial charge in [-0.25, -0.2) is 0 Å². The molecule has 0 radical (unpaired) electrons. The molecule has 0 aliphatic heterocycles. The van der Waals surface area contributed by atoms with Gasteiger partial charge in [-0.05, 0) is 12.8 Å². The molecule has 0 saturated heterocycles. The maximum absolute atomic E-state index is 9.89. The number of carbonyl (C=O) groups is 1. The van der Waals surface area contributed by atoms with Crippen LogP contribution < -0.4 is 0 Å². The standard InChI is InChI=1S/C10H16O/c1-2-3-4-5-6-7-8-9-10-11/h4-7,10H,2-3,8-9H2,1H3/b5-4-,7-6+. The maximum atomic E-state index is 9.89. The lowest BCUT2D eigenvalue weighted by molar-refractivity contribution is -0.107. The third kappa shape index (κ3) is 9.15. The molecule has 62 valence electrons. The van der Waals surface area contributed by atoms with E-state index < -0.39 is 0 Å². The molecule has 0 aromatic carbocycles. The summed E-state index contributed by atoms with van der Waals surface area (Å²) in [5.74, 6) is 0. The summed E-state index contributed by atoms with van der Waals surface area (Å²) in [6.45, 7) is 2.15. The minimum Gasteiger partial charge on any atom is -0.303 e. The van der Waals surface area contributed by atoms with Crippen LogP contribution in [0, 0.1) is 0 Å². The third-order valence-corrected chi connectivity index (χ3v) is 1.29. The van der Waals surface area contributed by atoms with E-state index in [4.69, 9.17) is 0 Å². The summed E-state index contributed by atoms with van der Waals surface area (Å²) >= 11 is 0. The molecule has 11 heavy (non-hydrogen) atoms. The molecule has 0 aromatic rings. The Labute approximate surface area is 68.8 Å². The second kappa shape index (κ2) is 9.15. The lowest BCUT2D eigenvalue weighted by Crippen LogP contribution is -1.69. The van der Waals surface area contributed by atoms with Gasteiger partial charge in [0.2, 0.25) is 0 Å². The van der Waals surface area contributed by atoms with Crippen molar-refractivity contribution < 1.29 is 4.79 Å². The van der Waals surface area contributed by atoms with Crippen molar-refractivity contribution in [3.63, 3.8) is 0 Å². The number of unbranched alkanes of at least 4 members (excludes halogenated alkanes) is 2. The smallest absolute Gasteiger partial charge is 0.120 e. The fraction of sp³-hybridized carbons (Fsp3) is 0.500. The fourth-order valence-electron chi connectivity index (χ4n) is 0.681. The minimum atomic E-state index is 0.637. The van der Waals surface area contributed by atoms with E-state index in [0.717, 1.165) is 19.1 Å². The van der Waals surface area contributed by atoms with E-state index in [9.17, 15) is 4.79 Å². The number of allylic oxidation sites excluding steroid dienone is 4. The van der Waals surface area contributed by atoms with Gasteiger partial charge >= 0.3 is 0 Å². The van der Waals surface area contributed by atoms with Gasteiger partial charge in [0.25, 0.3) is 0 Å². The summed E-state index contributed by atoms with van der Waals surface area (Å²) in [7, 11) is 0. The van der Waals surface area contributed by atoms with E-state index in [2.05, 4.69) is 13.0 Å². The van der Waals surface area contributed by atoms with Crippen molar-refractivity contribution in [3.8, 4) is 0 Å². The Morgan fingerprint density at radius 3 is 2.18 bits per heavy atom. The first-order chi connectivity index (χ1) is 5.41. The maximum Gasteiger partial charge on any atom is 0.120 e. The molecule has 0 spiro atoms. The molecule has 0 atom stereocenters. The molecule has 0 unspecified atom stereocenters. The zero-order valence-corrected chi connectivity index (χ0v) is 7.12. The van der Waals surface area contributed by atoms with Crippen LogP contribution in [0.2, 0.25) is 0 Å². The van der Waals surface area contributed by atoms with Gasteiger partial charge in [0.05, 0.1) is 0 Å². The van der Waals surface area contributed by atoms with Gasteiger partial charge in [0.15, 0.2) is 0 Å². The molecule has 1 heteroatoms. The van der Waals surface area contributed by atoms with Gasteiger partial charge in [-0.3, -0.25) is 0 Å². The normalized spacial score (nSPS) is 11.4. The Morgan fingerprint density at radius 2 is 1.64 bits per heavy atom. The van der Waals surface area contributed by atoms with Crippen molar-refractivity contribution in [1.29, 1.82) is 0 Å². The quantitative estimate of drug-likeness (QED) is 0.325. The van der Waals surface area contributed by atoms with Crippen molar-refractivity contribution in [2.45, 2.75) is 32.6 Å². The van der Waals surface area contributed by atoms with Gasteiger partial charge in [-0.15, -0.1) is 0 Å². The van der Waals surface area contributed by atoms with Crippen molar-refractivity contribution >= 4 is 6.29 Å². The van der Waals surface area contributed by atoms with E-state index >= 15 is 0 Å². The average molecular weight is 152 g/mol. The van der Waals surface area contributed by atoms with Crippen molar-refractivity contribution in [3.05, 3.63) is 24.3 Å². The van der Waals surface area contributed by atoms with Crippen LogP contribution in [-0.2, 0) is 4.79 Å². The van der Waals surface area contributed by atoms with Gasteiger partial charge < -0.3 is 4.79 Å². The average Bonchev–Trinajstić information content (AvgIpc) is 2.03. The van der Waals surface area contributed by atoms with Crippen molar-refractivity contribution in [1.82, 2.24) is 0 Å². The highest BCUT2D eigenvalue weighted by molar-refractivity contribution is 5.49. The van der Waals surface area contributed by atoms with Crippen LogP contribution in [0.3, 0.4) is 0 Å². The third-order valence-electron chi connectivity index (χ3n) is 1.29. The SMILES string of the molecule is CCC/C=C\C=C\CCC=O. The summed E-state index contributed by atoms with van der Waals surface area (Å²) in [4.78, 5) is 9.89. The van der Waals surface area contributed by atoms with Gasteiger partial charge in [0.1, 0.15) is 6.29 Å². The van der Waals surface area contributed by atoms with Crippen LogP contribution in [-0.4, -0.2) is 6.29 Å². The highest BCUT2D eigenvalue weighted by Gasteiger charge is 1.74. The Balaban J connectivity index is 3.20. The summed E-state index contributed by atoms with van der Waals surface area (Å²) in [6, 6.07) is 0. The number of carbonyl (C=O) groups excluding carboxylic acids is 1. The van der Waals surface area contributed by atoms with E-state index in [1.54, 1.807) is 0 Å². The fourth-order valence-corrected chi connectivity index (χ4v) is 0.681. The molecule has 0 aliphatic rings. The van der Waals surface area contributed by atoms with Gasteiger partial charge in [0, 0.05) is 6.42 Å². The van der Waals surface area contributed by atoms with E-state index in [1.807, 2.05) is 18.2 Å². The van der Waals surface area contributed by atoms with Crippen LogP contribution in [0.4, 0.5) is 0 Å². The lowest BCUT2D eigenvalue weighted by Gasteiger charge is -1.81. The molecule has 0 amide bonds. The molecule has 0 heterocycles. The summed E-state index contributed by atoms with van der Waals surface area (Å²) in [5, 5.41) is 0. The summed E-state index contributed by atoms with van der Waals surface area (Å²) in [6.07, 6.45) is 13.0. The number of hydrogen-bond acceptors (Lipinski definition) is 1. The first kappa shape index (κ1) is 10.2. The van der Waals surface area contributed by atoms with Crippen LogP contribution in [0.1, 0.15) is 32.6 Å². The molecular weight excluding hydrogens is 136 g/mol. The Morgan fingerprint density at radius 1 is 1.00 bits per heavy atom. The monoisotopic (exact) mass is 152 g/mol. The predicted molar refractivity (Wildman–Crippen MR) is 48.5 cm³/mol. The van der Waals surface area contributed by atoms with E-state index in [1.165, 1.54) is 6.42 Å². The van der Waals surface area contributed by atoms with Crippen LogP contribution in [0.25, 0.3) is 0 Å². The molecule has 0 N–H and O–H groups in total. The van der Waals surface area contributed by atoms with E-state index in [0.29, 0.717) is 6.42 Å². The highest BCUT2D eigenvalue weighted by atomic mass is 16.1. The minimum absolute atomic E-state index is 0.637. The van der Waals surface area contributed by atoms with Gasteiger partial charge in [-0.2, -0.15) is 0 Å². The molecule has 0 aliphatic carbocycles. The number of aldehydes is 1. The zero-order valence-electron chi connectivity index (χ0n) is 7.12.